The molecule has 1 aliphatic rings. The van der Waals surface area contributed by atoms with Crippen LogP contribution in [0.5, 0.6) is 0 Å². The summed E-state index contributed by atoms with van der Waals surface area (Å²) in [4.78, 5) is 18.9. The summed E-state index contributed by atoms with van der Waals surface area (Å²) in [7, 11) is 1.91. The number of nitrogens with zero attached hydrogens (tertiary/aromatic N) is 3. The third kappa shape index (κ3) is 3.69. The molecular formula is C18H26N4OS. The van der Waals surface area contributed by atoms with Crippen LogP contribution in [-0.2, 0) is 6.42 Å². The van der Waals surface area contributed by atoms with Crippen LogP contribution in [0.4, 0.5) is 4.79 Å². The van der Waals surface area contributed by atoms with Crippen molar-refractivity contribution in [3.63, 3.8) is 0 Å². The van der Waals surface area contributed by atoms with Crippen LogP contribution < -0.4 is 5.32 Å². The van der Waals surface area contributed by atoms with E-state index >= 15 is 0 Å². The van der Waals surface area contributed by atoms with Gasteiger partial charge in [-0.1, -0.05) is 6.07 Å². The van der Waals surface area contributed by atoms with Gasteiger partial charge in [0.2, 0.25) is 0 Å². The maximum Gasteiger partial charge on any atom is 0.317 e. The Morgan fingerprint density at radius 2 is 2.33 bits per heavy atom. The number of aryl methyl sites for hydroxylation is 1. The van der Waals surface area contributed by atoms with Gasteiger partial charge in [-0.15, -0.1) is 0 Å². The number of nitrogens with one attached hydrogen (secondary N) is 1. The summed E-state index contributed by atoms with van der Waals surface area (Å²) in [6, 6.07) is 4.49. The fourth-order valence-corrected chi connectivity index (χ4v) is 4.18. The molecule has 0 saturated heterocycles. The van der Waals surface area contributed by atoms with Gasteiger partial charge in [-0.25, -0.2) is 9.78 Å². The van der Waals surface area contributed by atoms with Crippen molar-refractivity contribution < 1.29 is 4.79 Å². The van der Waals surface area contributed by atoms with Crippen molar-refractivity contribution in [3.8, 4) is 0 Å². The maximum atomic E-state index is 12.3. The van der Waals surface area contributed by atoms with Gasteiger partial charge in [0, 0.05) is 43.7 Å². The fraction of sp³-hybridized carbons (Fsp3) is 0.556. The molecule has 0 unspecified atom stereocenters. The molecule has 2 aromatic rings. The molecule has 1 fully saturated rings. The molecule has 0 radical (unpaired) electrons. The van der Waals surface area contributed by atoms with Crippen LogP contribution in [0.2, 0.25) is 0 Å². The maximum absolute atomic E-state index is 12.3. The Morgan fingerprint density at radius 1 is 1.50 bits per heavy atom. The van der Waals surface area contributed by atoms with E-state index in [4.69, 9.17) is 0 Å². The molecule has 2 amide bonds. The van der Waals surface area contributed by atoms with E-state index in [1.54, 1.807) is 0 Å². The first-order valence-electron chi connectivity index (χ1n) is 8.55. The molecule has 6 heteroatoms. The van der Waals surface area contributed by atoms with Crippen molar-refractivity contribution >= 4 is 23.4 Å². The second-order valence-corrected chi connectivity index (χ2v) is 7.71. The summed E-state index contributed by atoms with van der Waals surface area (Å²) >= 11 is 1.91. The lowest BCUT2D eigenvalue weighted by Gasteiger charge is -2.24. The lowest BCUT2D eigenvalue weighted by molar-refractivity contribution is 0.191. The van der Waals surface area contributed by atoms with Gasteiger partial charge in [0.1, 0.15) is 5.65 Å². The number of fused-ring (bicyclic) bond motifs is 1. The third-order valence-electron chi connectivity index (χ3n) is 4.94. The van der Waals surface area contributed by atoms with Crippen LogP contribution in [0, 0.1) is 6.92 Å². The van der Waals surface area contributed by atoms with E-state index in [0.717, 1.165) is 36.2 Å². The number of carbonyl (C=O) groups excluding carboxylic acids is 1. The Labute approximate surface area is 147 Å². The van der Waals surface area contributed by atoms with Gasteiger partial charge < -0.3 is 14.6 Å². The highest BCUT2D eigenvalue weighted by molar-refractivity contribution is 7.99. The Bertz CT molecular complexity index is 714. The van der Waals surface area contributed by atoms with Crippen molar-refractivity contribution in [1.82, 2.24) is 19.6 Å². The van der Waals surface area contributed by atoms with Gasteiger partial charge in [-0.2, -0.15) is 11.8 Å². The number of rotatable bonds is 5. The van der Waals surface area contributed by atoms with Crippen molar-refractivity contribution in [3.05, 3.63) is 35.8 Å². The smallest absolute Gasteiger partial charge is 0.317 e. The van der Waals surface area contributed by atoms with Crippen LogP contribution in [-0.4, -0.2) is 51.5 Å². The molecule has 0 bridgehead atoms. The van der Waals surface area contributed by atoms with E-state index in [-0.39, 0.29) is 6.03 Å². The second-order valence-electron chi connectivity index (χ2n) is 6.57. The average Bonchev–Trinajstić information content (AvgIpc) is 3.21. The quantitative estimate of drug-likeness (QED) is 0.905. The number of hydrogen-bond donors (Lipinski definition) is 1. The molecule has 1 aliphatic carbocycles. The minimum atomic E-state index is 0.0293. The van der Waals surface area contributed by atoms with E-state index in [0.29, 0.717) is 17.8 Å². The van der Waals surface area contributed by atoms with E-state index in [9.17, 15) is 4.79 Å². The average molecular weight is 347 g/mol. The van der Waals surface area contributed by atoms with E-state index in [2.05, 4.69) is 29.5 Å². The molecule has 2 heterocycles. The monoisotopic (exact) mass is 346 g/mol. The summed E-state index contributed by atoms with van der Waals surface area (Å²) in [5.41, 5.74) is 3.16. The normalized spacial score (nSPS) is 20.5. The van der Waals surface area contributed by atoms with E-state index in [1.807, 2.05) is 46.6 Å². The minimum Gasteiger partial charge on any atom is -0.338 e. The molecule has 130 valence electrons. The summed E-state index contributed by atoms with van der Waals surface area (Å²) < 4.78 is 2.04. The lowest BCUT2D eigenvalue weighted by Crippen LogP contribution is -2.43. The number of imidazole rings is 1. The van der Waals surface area contributed by atoms with Gasteiger partial charge in [0.25, 0.3) is 0 Å². The minimum absolute atomic E-state index is 0.0293. The van der Waals surface area contributed by atoms with Gasteiger partial charge in [0.15, 0.2) is 0 Å². The summed E-state index contributed by atoms with van der Waals surface area (Å²) in [5.74, 6) is 0. The standard InChI is InChI=1S/C18H26N4OS/c1-13-5-4-10-22-12-14(20-17(13)22)8-9-19-18(23)21(2)15-6-7-16(11-15)24-3/h4-5,10,12,15-16H,6-9,11H2,1-3H3,(H,19,23)/t15-,16+/m0/s1. The zero-order chi connectivity index (χ0) is 17.1. The van der Waals surface area contributed by atoms with Crippen LogP contribution in [0.1, 0.15) is 30.5 Å². The molecule has 2 aromatic heterocycles. The van der Waals surface area contributed by atoms with E-state index < -0.39 is 0 Å². The molecule has 5 nitrogen and oxygen atoms in total. The molecule has 0 spiro atoms. The summed E-state index contributed by atoms with van der Waals surface area (Å²) in [5, 5.41) is 3.73. The third-order valence-corrected chi connectivity index (χ3v) is 6.04. The molecule has 1 saturated carbocycles. The molecule has 24 heavy (non-hydrogen) atoms. The first-order valence-corrected chi connectivity index (χ1v) is 9.84. The Hall–Kier alpha value is -1.69. The molecule has 2 atom stereocenters. The van der Waals surface area contributed by atoms with Crippen LogP contribution in [0.25, 0.3) is 5.65 Å². The van der Waals surface area contributed by atoms with Gasteiger partial charge in [-0.3, -0.25) is 0 Å². The predicted molar refractivity (Wildman–Crippen MR) is 99.7 cm³/mol. The molecule has 1 N–H and O–H groups in total. The number of hydrogen-bond acceptors (Lipinski definition) is 3. The zero-order valence-corrected chi connectivity index (χ0v) is 15.5. The van der Waals surface area contributed by atoms with Crippen molar-refractivity contribution in [2.75, 3.05) is 19.8 Å². The van der Waals surface area contributed by atoms with Gasteiger partial charge in [-0.05, 0) is 44.1 Å². The Kier molecular flexibility index (Phi) is 5.33. The topological polar surface area (TPSA) is 49.6 Å². The fourth-order valence-electron chi connectivity index (χ4n) is 3.40. The lowest BCUT2D eigenvalue weighted by atomic mass is 10.2. The van der Waals surface area contributed by atoms with Crippen LogP contribution in [0.15, 0.2) is 24.5 Å². The number of pyridine rings is 1. The molecule has 3 rings (SSSR count). The van der Waals surface area contributed by atoms with Crippen LogP contribution in [0.3, 0.4) is 0 Å². The van der Waals surface area contributed by atoms with Crippen molar-refractivity contribution in [2.45, 2.75) is 43.9 Å². The number of carbonyl (C=O) groups is 1. The predicted octanol–water partition coefficient (Wildman–Crippen LogP) is 3.11. The Morgan fingerprint density at radius 3 is 3.04 bits per heavy atom. The molecule has 0 aliphatic heterocycles. The van der Waals surface area contributed by atoms with Crippen LogP contribution >= 0.6 is 11.8 Å². The number of thioether (sulfide) groups is 1. The number of aromatic nitrogens is 2. The highest BCUT2D eigenvalue weighted by Crippen LogP contribution is 2.30. The van der Waals surface area contributed by atoms with Crippen molar-refractivity contribution in [2.24, 2.45) is 0 Å². The first kappa shape index (κ1) is 17.1. The highest BCUT2D eigenvalue weighted by Gasteiger charge is 2.29. The highest BCUT2D eigenvalue weighted by atomic mass is 32.2. The number of amides is 2. The zero-order valence-electron chi connectivity index (χ0n) is 14.7. The van der Waals surface area contributed by atoms with Crippen molar-refractivity contribution in [1.29, 1.82) is 0 Å². The SMILES string of the molecule is CS[C@@H]1CC[C@H](N(C)C(=O)NCCc2cn3cccc(C)c3n2)C1. The second kappa shape index (κ2) is 7.47. The Balaban J connectivity index is 1.50. The summed E-state index contributed by atoms with van der Waals surface area (Å²) in [6.07, 6.45) is 10.4. The molecule has 0 aromatic carbocycles. The van der Waals surface area contributed by atoms with Gasteiger partial charge in [0.05, 0.1) is 5.69 Å². The first-order chi connectivity index (χ1) is 11.6. The molecular weight excluding hydrogens is 320 g/mol. The summed E-state index contributed by atoms with van der Waals surface area (Å²) in [6.45, 7) is 2.68. The van der Waals surface area contributed by atoms with Gasteiger partial charge >= 0.3 is 6.03 Å². The largest absolute Gasteiger partial charge is 0.338 e. The van der Waals surface area contributed by atoms with E-state index in [1.165, 1.54) is 6.42 Å². The number of urea groups is 1.